The Morgan fingerprint density at radius 2 is 1.91 bits per heavy atom. The minimum atomic E-state index is 0.550. The number of ether oxygens (including phenoxy) is 1. The van der Waals surface area contributed by atoms with E-state index in [-0.39, 0.29) is 0 Å². The van der Waals surface area contributed by atoms with Crippen molar-refractivity contribution in [2.24, 2.45) is 5.92 Å². The highest BCUT2D eigenvalue weighted by molar-refractivity contribution is 5.27. The van der Waals surface area contributed by atoms with E-state index in [1.165, 1.54) is 11.1 Å². The van der Waals surface area contributed by atoms with Crippen LogP contribution in [0, 0.1) is 12.8 Å². The fourth-order valence-electron chi connectivity index (χ4n) is 2.20. The number of aromatic nitrogens is 2. The van der Waals surface area contributed by atoms with Gasteiger partial charge in [0.15, 0.2) is 0 Å². The smallest absolute Gasteiger partial charge is 0.119 e. The Labute approximate surface area is 133 Å². The molecule has 0 saturated carbocycles. The number of aryl methyl sites for hydroxylation is 2. The van der Waals surface area contributed by atoms with Crippen molar-refractivity contribution in [1.82, 2.24) is 15.1 Å². The van der Waals surface area contributed by atoms with Crippen LogP contribution in [-0.4, -0.2) is 16.4 Å². The molecule has 0 unspecified atom stereocenters. The number of hydrogen-bond acceptors (Lipinski definition) is 3. The monoisotopic (exact) mass is 301 g/mol. The first-order valence-corrected chi connectivity index (χ1v) is 8.04. The SMILES string of the molecule is CCn1cc(CNCc2ccc(OCC(C)C)cc2)c(C)n1. The maximum Gasteiger partial charge on any atom is 0.119 e. The molecule has 0 aliphatic rings. The molecule has 0 saturated heterocycles. The van der Waals surface area contributed by atoms with Crippen molar-refractivity contribution in [3.63, 3.8) is 0 Å². The molecule has 4 heteroatoms. The van der Waals surface area contributed by atoms with Gasteiger partial charge in [0, 0.05) is 31.4 Å². The summed E-state index contributed by atoms with van der Waals surface area (Å²) in [4.78, 5) is 0. The second-order valence-corrected chi connectivity index (χ2v) is 6.05. The molecule has 4 nitrogen and oxygen atoms in total. The fraction of sp³-hybridized carbons (Fsp3) is 0.500. The van der Waals surface area contributed by atoms with Crippen molar-refractivity contribution in [3.05, 3.63) is 47.3 Å². The summed E-state index contributed by atoms with van der Waals surface area (Å²) in [5.41, 5.74) is 3.63. The zero-order valence-electron chi connectivity index (χ0n) is 14.1. The molecule has 120 valence electrons. The fourth-order valence-corrected chi connectivity index (χ4v) is 2.20. The molecule has 0 radical (unpaired) electrons. The molecule has 22 heavy (non-hydrogen) atoms. The van der Waals surface area contributed by atoms with E-state index in [2.05, 4.69) is 56.4 Å². The van der Waals surface area contributed by atoms with E-state index in [1.54, 1.807) is 0 Å². The summed E-state index contributed by atoms with van der Waals surface area (Å²) in [5, 5.41) is 7.93. The lowest BCUT2D eigenvalue weighted by molar-refractivity contribution is 0.271. The van der Waals surface area contributed by atoms with Gasteiger partial charge < -0.3 is 10.1 Å². The van der Waals surface area contributed by atoms with Crippen LogP contribution in [0.2, 0.25) is 0 Å². The minimum absolute atomic E-state index is 0.550. The van der Waals surface area contributed by atoms with E-state index < -0.39 is 0 Å². The molecule has 1 heterocycles. The molecule has 2 aromatic rings. The molecule has 0 aliphatic carbocycles. The molecule has 2 rings (SSSR count). The van der Waals surface area contributed by atoms with Crippen molar-refractivity contribution in [2.75, 3.05) is 6.61 Å². The first-order chi connectivity index (χ1) is 10.6. The first-order valence-electron chi connectivity index (χ1n) is 8.04. The number of hydrogen-bond donors (Lipinski definition) is 1. The van der Waals surface area contributed by atoms with Crippen LogP contribution in [0.4, 0.5) is 0 Å². The van der Waals surface area contributed by atoms with Gasteiger partial charge in [-0.25, -0.2) is 0 Å². The summed E-state index contributed by atoms with van der Waals surface area (Å²) in [6.07, 6.45) is 2.12. The quantitative estimate of drug-likeness (QED) is 0.810. The average molecular weight is 301 g/mol. The van der Waals surface area contributed by atoms with Crippen LogP contribution in [0.15, 0.2) is 30.5 Å². The van der Waals surface area contributed by atoms with Gasteiger partial charge in [-0.05, 0) is 37.5 Å². The lowest BCUT2D eigenvalue weighted by atomic mass is 10.2. The van der Waals surface area contributed by atoms with Crippen molar-refractivity contribution < 1.29 is 4.74 Å². The van der Waals surface area contributed by atoms with Crippen LogP contribution in [-0.2, 0) is 19.6 Å². The van der Waals surface area contributed by atoms with Crippen molar-refractivity contribution in [1.29, 1.82) is 0 Å². The minimum Gasteiger partial charge on any atom is -0.493 e. The number of benzene rings is 1. The van der Waals surface area contributed by atoms with Gasteiger partial charge in [0.05, 0.1) is 12.3 Å². The van der Waals surface area contributed by atoms with Crippen LogP contribution in [0.1, 0.15) is 37.6 Å². The number of nitrogens with one attached hydrogen (secondary N) is 1. The van der Waals surface area contributed by atoms with Gasteiger partial charge in [-0.2, -0.15) is 5.10 Å². The molecule has 1 N–H and O–H groups in total. The number of nitrogens with zero attached hydrogens (tertiary/aromatic N) is 2. The van der Waals surface area contributed by atoms with Crippen LogP contribution in [0.25, 0.3) is 0 Å². The van der Waals surface area contributed by atoms with E-state index >= 15 is 0 Å². The van der Waals surface area contributed by atoms with Gasteiger partial charge >= 0.3 is 0 Å². The van der Waals surface area contributed by atoms with Gasteiger partial charge in [0.25, 0.3) is 0 Å². The molecule has 0 aliphatic heterocycles. The predicted octanol–water partition coefficient (Wildman–Crippen LogP) is 3.54. The Morgan fingerprint density at radius 3 is 2.50 bits per heavy atom. The van der Waals surface area contributed by atoms with E-state index in [9.17, 15) is 0 Å². The lowest BCUT2D eigenvalue weighted by Gasteiger charge is -2.09. The maximum absolute atomic E-state index is 5.70. The third-order valence-corrected chi connectivity index (χ3v) is 3.52. The largest absolute Gasteiger partial charge is 0.493 e. The highest BCUT2D eigenvalue weighted by atomic mass is 16.5. The summed E-state index contributed by atoms with van der Waals surface area (Å²) in [6, 6.07) is 8.31. The standard InChI is InChI=1S/C18H27N3O/c1-5-21-12-17(15(4)20-21)11-19-10-16-6-8-18(9-7-16)22-13-14(2)3/h6-9,12,14,19H,5,10-11,13H2,1-4H3. The molecule has 1 aromatic carbocycles. The van der Waals surface area contributed by atoms with Gasteiger partial charge in [0.1, 0.15) is 5.75 Å². The molecule has 1 aromatic heterocycles. The molecule has 0 amide bonds. The van der Waals surface area contributed by atoms with Gasteiger partial charge in [-0.3, -0.25) is 4.68 Å². The summed E-state index contributed by atoms with van der Waals surface area (Å²) >= 11 is 0. The van der Waals surface area contributed by atoms with Crippen LogP contribution in [0.5, 0.6) is 5.75 Å². The summed E-state index contributed by atoms with van der Waals surface area (Å²) < 4.78 is 7.67. The molecular formula is C18H27N3O. The maximum atomic E-state index is 5.70. The van der Waals surface area contributed by atoms with Crippen LogP contribution in [0.3, 0.4) is 0 Å². The average Bonchev–Trinajstić information content (AvgIpc) is 2.87. The summed E-state index contributed by atoms with van der Waals surface area (Å²) in [7, 11) is 0. The normalized spacial score (nSPS) is 11.1. The van der Waals surface area contributed by atoms with Crippen LogP contribution < -0.4 is 10.1 Å². The Kier molecular flexibility index (Phi) is 6.01. The topological polar surface area (TPSA) is 39.1 Å². The Bertz CT molecular complexity index is 573. The van der Waals surface area contributed by atoms with E-state index in [4.69, 9.17) is 4.74 Å². The molecule has 0 bridgehead atoms. The molecular weight excluding hydrogens is 274 g/mol. The van der Waals surface area contributed by atoms with Crippen molar-refractivity contribution in [2.45, 2.75) is 47.3 Å². The van der Waals surface area contributed by atoms with Crippen LogP contribution >= 0.6 is 0 Å². The summed E-state index contributed by atoms with van der Waals surface area (Å²) in [6.45, 7) is 11.8. The first kappa shape index (κ1) is 16.6. The molecule has 0 atom stereocenters. The van der Waals surface area contributed by atoms with Gasteiger partial charge in [0.2, 0.25) is 0 Å². The zero-order chi connectivity index (χ0) is 15.9. The molecule has 0 fully saturated rings. The number of rotatable bonds is 8. The highest BCUT2D eigenvalue weighted by Crippen LogP contribution is 2.13. The highest BCUT2D eigenvalue weighted by Gasteiger charge is 2.03. The second kappa shape index (κ2) is 7.99. The third-order valence-electron chi connectivity index (χ3n) is 3.52. The predicted molar refractivity (Wildman–Crippen MR) is 90.0 cm³/mol. The second-order valence-electron chi connectivity index (χ2n) is 6.05. The van der Waals surface area contributed by atoms with Crippen molar-refractivity contribution >= 4 is 0 Å². The Hall–Kier alpha value is -1.81. The molecule has 0 spiro atoms. The third kappa shape index (κ3) is 4.88. The Morgan fingerprint density at radius 1 is 1.18 bits per heavy atom. The van der Waals surface area contributed by atoms with Crippen molar-refractivity contribution in [3.8, 4) is 5.75 Å². The lowest BCUT2D eigenvalue weighted by Crippen LogP contribution is -2.13. The van der Waals surface area contributed by atoms with E-state index in [0.29, 0.717) is 5.92 Å². The van der Waals surface area contributed by atoms with Gasteiger partial charge in [-0.15, -0.1) is 0 Å². The van der Waals surface area contributed by atoms with E-state index in [1.807, 2.05) is 16.8 Å². The Balaban J connectivity index is 1.80. The zero-order valence-corrected chi connectivity index (χ0v) is 14.1. The summed E-state index contributed by atoms with van der Waals surface area (Å²) in [5.74, 6) is 1.49. The van der Waals surface area contributed by atoms with E-state index in [0.717, 1.165) is 37.7 Å². The van der Waals surface area contributed by atoms with Gasteiger partial charge in [-0.1, -0.05) is 26.0 Å².